The first-order valence-corrected chi connectivity index (χ1v) is 10.6. The third kappa shape index (κ3) is 6.57. The van der Waals surface area contributed by atoms with Gasteiger partial charge in [-0.05, 0) is 61.0 Å². The van der Waals surface area contributed by atoms with Crippen LogP contribution in [0.2, 0.25) is 10.0 Å². The van der Waals surface area contributed by atoms with E-state index in [0.29, 0.717) is 21.8 Å². The number of benzene rings is 3. The SMILES string of the molecule is COc1cc(/C=N\NC(=O)C(=O)Nc2ccc(Cl)c(Cl)c2)ccc1OC(=O)c1ccc(C)cc1. The van der Waals surface area contributed by atoms with Gasteiger partial charge in [-0.2, -0.15) is 5.10 Å². The van der Waals surface area contributed by atoms with Crippen LogP contribution in [0.25, 0.3) is 0 Å². The van der Waals surface area contributed by atoms with Gasteiger partial charge in [-0.15, -0.1) is 0 Å². The van der Waals surface area contributed by atoms with Crippen molar-refractivity contribution >= 4 is 52.9 Å². The average Bonchev–Trinajstić information content (AvgIpc) is 2.82. The van der Waals surface area contributed by atoms with Crippen molar-refractivity contribution in [1.29, 1.82) is 0 Å². The molecule has 0 saturated heterocycles. The number of nitrogens with one attached hydrogen (secondary N) is 2. The predicted octanol–water partition coefficient (Wildman–Crippen LogP) is 4.62. The number of methoxy groups -OCH3 is 1. The summed E-state index contributed by atoms with van der Waals surface area (Å²) < 4.78 is 10.7. The number of esters is 1. The highest BCUT2D eigenvalue weighted by atomic mass is 35.5. The fraction of sp³-hybridized carbons (Fsp3) is 0.0833. The molecule has 34 heavy (non-hydrogen) atoms. The quantitative estimate of drug-likeness (QED) is 0.169. The second-order valence-corrected chi connectivity index (χ2v) is 7.76. The number of anilines is 1. The number of hydrogen-bond acceptors (Lipinski definition) is 6. The van der Waals surface area contributed by atoms with Gasteiger partial charge in [0.2, 0.25) is 0 Å². The van der Waals surface area contributed by atoms with Crippen LogP contribution in [-0.2, 0) is 9.59 Å². The first-order valence-electron chi connectivity index (χ1n) is 9.83. The van der Waals surface area contributed by atoms with Crippen molar-refractivity contribution in [3.05, 3.63) is 87.4 Å². The molecule has 3 aromatic rings. The zero-order chi connectivity index (χ0) is 24.7. The smallest absolute Gasteiger partial charge is 0.343 e. The Hall–Kier alpha value is -3.88. The third-order valence-corrected chi connectivity index (χ3v) is 5.18. The Bertz CT molecular complexity index is 1260. The second-order valence-electron chi connectivity index (χ2n) is 6.95. The Labute approximate surface area is 205 Å². The molecule has 3 rings (SSSR count). The van der Waals surface area contributed by atoms with Crippen LogP contribution in [0.4, 0.5) is 5.69 Å². The number of amides is 2. The van der Waals surface area contributed by atoms with Gasteiger partial charge in [0.1, 0.15) is 0 Å². The molecule has 0 spiro atoms. The lowest BCUT2D eigenvalue weighted by Crippen LogP contribution is -2.32. The number of hydrazone groups is 1. The predicted molar refractivity (Wildman–Crippen MR) is 130 cm³/mol. The number of halogens is 2. The number of carbonyl (C=O) groups is 3. The van der Waals surface area contributed by atoms with Gasteiger partial charge in [0.25, 0.3) is 0 Å². The number of hydrogen-bond donors (Lipinski definition) is 2. The summed E-state index contributed by atoms with van der Waals surface area (Å²) in [6.07, 6.45) is 1.30. The zero-order valence-electron chi connectivity index (χ0n) is 18.1. The topological polar surface area (TPSA) is 106 Å². The van der Waals surface area contributed by atoms with Crippen molar-refractivity contribution in [3.63, 3.8) is 0 Å². The lowest BCUT2D eigenvalue weighted by Gasteiger charge is -2.10. The van der Waals surface area contributed by atoms with Crippen LogP contribution in [0.5, 0.6) is 11.5 Å². The number of rotatable bonds is 6. The van der Waals surface area contributed by atoms with E-state index in [-0.39, 0.29) is 16.5 Å². The Kier molecular flexibility index (Phi) is 8.24. The maximum absolute atomic E-state index is 12.4. The third-order valence-electron chi connectivity index (χ3n) is 4.44. The highest BCUT2D eigenvalue weighted by Crippen LogP contribution is 2.28. The minimum atomic E-state index is -0.988. The van der Waals surface area contributed by atoms with Crippen LogP contribution in [0.3, 0.4) is 0 Å². The number of aryl methyl sites for hydroxylation is 1. The van der Waals surface area contributed by atoms with Crippen molar-refractivity contribution < 1.29 is 23.9 Å². The van der Waals surface area contributed by atoms with E-state index in [9.17, 15) is 14.4 Å². The van der Waals surface area contributed by atoms with Gasteiger partial charge in [0.05, 0.1) is 28.9 Å². The molecule has 8 nitrogen and oxygen atoms in total. The monoisotopic (exact) mass is 499 g/mol. The Morgan fingerprint density at radius 2 is 1.62 bits per heavy atom. The summed E-state index contributed by atoms with van der Waals surface area (Å²) in [5.41, 5.74) is 4.38. The molecule has 10 heteroatoms. The van der Waals surface area contributed by atoms with Crippen LogP contribution in [-0.4, -0.2) is 31.1 Å². The lowest BCUT2D eigenvalue weighted by molar-refractivity contribution is -0.136. The Morgan fingerprint density at radius 1 is 0.882 bits per heavy atom. The van der Waals surface area contributed by atoms with Gasteiger partial charge in [0, 0.05) is 5.69 Å². The largest absolute Gasteiger partial charge is 0.493 e. The summed E-state index contributed by atoms with van der Waals surface area (Å²) in [5, 5.41) is 6.70. The maximum atomic E-state index is 12.4. The highest BCUT2D eigenvalue weighted by Gasteiger charge is 2.15. The second kappa shape index (κ2) is 11.3. The molecule has 0 aliphatic heterocycles. The molecule has 0 atom stereocenters. The summed E-state index contributed by atoms with van der Waals surface area (Å²) in [4.78, 5) is 36.3. The average molecular weight is 500 g/mol. The molecule has 0 bridgehead atoms. The summed E-state index contributed by atoms with van der Waals surface area (Å²) in [6.45, 7) is 1.92. The van der Waals surface area contributed by atoms with Crippen LogP contribution < -0.4 is 20.2 Å². The Balaban J connectivity index is 1.60. The van der Waals surface area contributed by atoms with Crippen LogP contribution in [0.1, 0.15) is 21.5 Å². The first-order chi connectivity index (χ1) is 16.3. The standard InChI is InChI=1S/C24H19Cl2N3O5/c1-14-3-6-16(7-4-14)24(32)34-20-10-5-15(11-21(20)33-2)13-27-29-23(31)22(30)28-17-8-9-18(25)19(26)12-17/h3-13H,1-2H3,(H,28,30)(H,29,31)/b27-13-. The van der Waals surface area contributed by atoms with Crippen molar-refractivity contribution in [2.45, 2.75) is 6.92 Å². The molecular formula is C24H19Cl2N3O5. The molecule has 3 aromatic carbocycles. The van der Waals surface area contributed by atoms with E-state index < -0.39 is 17.8 Å². The van der Waals surface area contributed by atoms with Gasteiger partial charge in [0.15, 0.2) is 11.5 Å². The van der Waals surface area contributed by atoms with Crippen LogP contribution in [0.15, 0.2) is 65.8 Å². The number of carbonyl (C=O) groups excluding carboxylic acids is 3. The fourth-order valence-electron chi connectivity index (χ4n) is 2.68. The zero-order valence-corrected chi connectivity index (χ0v) is 19.6. The molecule has 0 radical (unpaired) electrons. The van der Waals surface area contributed by atoms with Crippen LogP contribution in [0, 0.1) is 6.92 Å². The van der Waals surface area contributed by atoms with Crippen molar-refractivity contribution in [2.75, 3.05) is 12.4 Å². The number of nitrogens with zero attached hydrogens (tertiary/aromatic N) is 1. The summed E-state index contributed by atoms with van der Waals surface area (Å²) in [6, 6.07) is 16.1. The fourth-order valence-corrected chi connectivity index (χ4v) is 2.97. The molecule has 0 aliphatic rings. The van der Waals surface area contributed by atoms with E-state index in [1.807, 2.05) is 19.1 Å². The highest BCUT2D eigenvalue weighted by molar-refractivity contribution is 6.43. The van der Waals surface area contributed by atoms with Crippen molar-refractivity contribution in [3.8, 4) is 11.5 Å². The van der Waals surface area contributed by atoms with E-state index >= 15 is 0 Å². The lowest BCUT2D eigenvalue weighted by atomic mass is 10.1. The van der Waals surface area contributed by atoms with Gasteiger partial charge in [-0.1, -0.05) is 40.9 Å². The molecule has 0 unspecified atom stereocenters. The van der Waals surface area contributed by atoms with Crippen molar-refractivity contribution in [1.82, 2.24) is 5.43 Å². The molecule has 0 saturated carbocycles. The molecule has 2 amide bonds. The Morgan fingerprint density at radius 3 is 2.29 bits per heavy atom. The molecule has 0 aromatic heterocycles. The van der Waals surface area contributed by atoms with E-state index in [0.717, 1.165) is 5.56 Å². The van der Waals surface area contributed by atoms with Gasteiger partial charge in [-0.25, -0.2) is 10.2 Å². The van der Waals surface area contributed by atoms with Crippen LogP contribution >= 0.6 is 23.2 Å². The van der Waals surface area contributed by atoms with E-state index in [1.54, 1.807) is 24.3 Å². The van der Waals surface area contributed by atoms with Gasteiger partial charge in [-0.3, -0.25) is 9.59 Å². The molecule has 0 aliphatic carbocycles. The normalized spacial score (nSPS) is 10.6. The maximum Gasteiger partial charge on any atom is 0.343 e. The molecular weight excluding hydrogens is 481 g/mol. The van der Waals surface area contributed by atoms with E-state index in [1.165, 1.54) is 37.6 Å². The van der Waals surface area contributed by atoms with Gasteiger partial charge >= 0.3 is 17.8 Å². The first kappa shape index (κ1) is 24.8. The molecule has 0 fully saturated rings. The molecule has 2 N–H and O–H groups in total. The van der Waals surface area contributed by atoms with Gasteiger partial charge < -0.3 is 14.8 Å². The summed E-state index contributed by atoms with van der Waals surface area (Å²) in [5.74, 6) is -1.95. The molecule has 0 heterocycles. The van der Waals surface area contributed by atoms with Crippen molar-refractivity contribution in [2.24, 2.45) is 5.10 Å². The molecule has 174 valence electrons. The summed E-state index contributed by atoms with van der Waals surface area (Å²) in [7, 11) is 1.43. The number of ether oxygens (including phenoxy) is 2. The van der Waals surface area contributed by atoms with E-state index in [4.69, 9.17) is 32.7 Å². The van der Waals surface area contributed by atoms with E-state index in [2.05, 4.69) is 15.8 Å². The minimum Gasteiger partial charge on any atom is -0.493 e. The minimum absolute atomic E-state index is 0.218. The summed E-state index contributed by atoms with van der Waals surface area (Å²) >= 11 is 11.7.